The van der Waals surface area contributed by atoms with E-state index in [1.807, 2.05) is 0 Å². The van der Waals surface area contributed by atoms with E-state index in [-0.39, 0.29) is 58.8 Å². The predicted octanol–water partition coefficient (Wildman–Crippen LogP) is -0.634. The molecule has 43 heavy (non-hydrogen) atoms. The number of aromatic hydroxyl groups is 1. The van der Waals surface area contributed by atoms with Gasteiger partial charge in [0.15, 0.2) is 29.0 Å². The average Bonchev–Trinajstić information content (AvgIpc) is 2.98. The van der Waals surface area contributed by atoms with Crippen LogP contribution in [0.5, 0.6) is 28.7 Å². The lowest BCUT2D eigenvalue weighted by Gasteiger charge is -2.40. The zero-order chi connectivity index (χ0) is 31.8. The number of methoxy groups -OCH3 is 3. The zero-order valence-corrected chi connectivity index (χ0v) is 23.6. The Morgan fingerprint density at radius 2 is 1.51 bits per heavy atom. The third kappa shape index (κ3) is 7.86. The van der Waals surface area contributed by atoms with Crippen molar-refractivity contribution >= 4 is 17.9 Å². The number of hydrogen-bond acceptors (Lipinski definition) is 13. The maximum absolute atomic E-state index is 12.8. The molecule has 1 saturated heterocycles. The van der Waals surface area contributed by atoms with Crippen molar-refractivity contribution in [3.8, 4) is 28.7 Å². The van der Waals surface area contributed by atoms with Crippen LogP contribution >= 0.6 is 0 Å². The molecule has 0 bridgehead atoms. The second kappa shape index (κ2) is 14.6. The number of rotatable bonds is 13. The van der Waals surface area contributed by atoms with Crippen molar-refractivity contribution in [2.24, 2.45) is 16.5 Å². The van der Waals surface area contributed by atoms with Crippen molar-refractivity contribution in [3.63, 3.8) is 0 Å². The Labute approximate surface area is 246 Å². The summed E-state index contributed by atoms with van der Waals surface area (Å²) in [5, 5.41) is 51.4. The highest BCUT2D eigenvalue weighted by atomic mass is 16.7. The molecule has 1 aliphatic heterocycles. The van der Waals surface area contributed by atoms with Gasteiger partial charge in [-0.3, -0.25) is 4.99 Å². The standard InChI is InChI=1S/C27H35N3O13/c1-38-15-9-14(10-16(39-2)19(15)31)25(37)41-11-18-20(32)21(33)22(34)26(42-18)43-23-12(5-4-6-30-27(28)29)7-13(24(35)36)8-17(23)40-3/h7-10,18,20-22,26,31-34H,4-6,11H2,1-3H3,(H,35,36)(H4,28,29,30)/t18-,20-,21+,22-,26+/m1/s1. The van der Waals surface area contributed by atoms with E-state index >= 15 is 0 Å². The van der Waals surface area contributed by atoms with Gasteiger partial charge in [0.05, 0.1) is 32.5 Å². The molecule has 0 amide bonds. The van der Waals surface area contributed by atoms with Crippen molar-refractivity contribution in [1.29, 1.82) is 0 Å². The van der Waals surface area contributed by atoms with Crippen LogP contribution < -0.4 is 30.4 Å². The van der Waals surface area contributed by atoms with Gasteiger partial charge in [0.2, 0.25) is 12.0 Å². The van der Waals surface area contributed by atoms with Gasteiger partial charge in [-0.1, -0.05) is 0 Å². The summed E-state index contributed by atoms with van der Waals surface area (Å²) in [6, 6.07) is 4.97. The summed E-state index contributed by atoms with van der Waals surface area (Å²) in [5.74, 6) is -2.68. The molecule has 2 aromatic rings. The van der Waals surface area contributed by atoms with Crippen LogP contribution in [0.15, 0.2) is 29.3 Å². The van der Waals surface area contributed by atoms with Gasteiger partial charge in [0.1, 0.15) is 31.0 Å². The van der Waals surface area contributed by atoms with E-state index in [4.69, 9.17) is 39.9 Å². The number of aromatic carboxylic acids is 1. The summed E-state index contributed by atoms with van der Waals surface area (Å²) < 4.78 is 32.3. The predicted molar refractivity (Wildman–Crippen MR) is 148 cm³/mol. The Balaban J connectivity index is 1.83. The number of ether oxygens (including phenoxy) is 6. The largest absolute Gasteiger partial charge is 0.502 e. The van der Waals surface area contributed by atoms with Crippen LogP contribution in [0.25, 0.3) is 0 Å². The number of aryl methyl sites for hydroxylation is 1. The van der Waals surface area contributed by atoms with E-state index in [9.17, 15) is 35.1 Å². The normalized spacial score (nSPS) is 21.4. The summed E-state index contributed by atoms with van der Waals surface area (Å²) in [5.41, 5.74) is 10.9. The summed E-state index contributed by atoms with van der Waals surface area (Å²) in [7, 11) is 3.84. The van der Waals surface area contributed by atoms with Gasteiger partial charge < -0.3 is 65.4 Å². The number of aliphatic hydroxyl groups is 3. The Hall–Kier alpha value is -4.51. The monoisotopic (exact) mass is 609 g/mol. The Morgan fingerprint density at radius 3 is 2.07 bits per heavy atom. The highest BCUT2D eigenvalue weighted by molar-refractivity contribution is 5.91. The molecule has 0 aromatic heterocycles. The Kier molecular flexibility index (Phi) is 11.2. The summed E-state index contributed by atoms with van der Waals surface area (Å²) in [6.45, 7) is -0.364. The summed E-state index contributed by atoms with van der Waals surface area (Å²) >= 11 is 0. The molecule has 0 spiro atoms. The van der Waals surface area contributed by atoms with Gasteiger partial charge in [0.25, 0.3) is 0 Å². The van der Waals surface area contributed by atoms with E-state index in [2.05, 4.69) is 4.99 Å². The molecule has 16 heteroatoms. The number of carbonyl (C=O) groups excluding carboxylic acids is 1. The Bertz CT molecular complexity index is 1310. The second-order valence-electron chi connectivity index (χ2n) is 9.34. The van der Waals surface area contributed by atoms with E-state index in [1.54, 1.807) is 0 Å². The molecule has 5 atom stereocenters. The number of esters is 1. The first kappa shape index (κ1) is 33.0. The third-order valence-corrected chi connectivity index (χ3v) is 6.49. The molecule has 1 heterocycles. The van der Waals surface area contributed by atoms with Crippen molar-refractivity contribution in [2.75, 3.05) is 34.5 Å². The van der Waals surface area contributed by atoms with Gasteiger partial charge in [-0.15, -0.1) is 0 Å². The molecular formula is C27H35N3O13. The lowest BCUT2D eigenvalue weighted by atomic mass is 9.99. The number of carboxylic acids is 1. The van der Waals surface area contributed by atoms with Gasteiger partial charge in [0, 0.05) is 6.54 Å². The highest BCUT2D eigenvalue weighted by Crippen LogP contribution is 2.38. The van der Waals surface area contributed by atoms with Gasteiger partial charge in [-0.25, -0.2) is 9.59 Å². The maximum Gasteiger partial charge on any atom is 0.338 e. The van der Waals surface area contributed by atoms with Crippen LogP contribution in [0.1, 0.15) is 32.7 Å². The summed E-state index contributed by atoms with van der Waals surface area (Å²) in [6.07, 6.45) is -7.64. The van der Waals surface area contributed by atoms with Crippen LogP contribution in [0.4, 0.5) is 0 Å². The number of guanidine groups is 1. The number of aliphatic hydroxyl groups excluding tert-OH is 3. The quantitative estimate of drug-likeness (QED) is 0.0645. The van der Waals surface area contributed by atoms with E-state index in [0.717, 1.165) is 0 Å². The number of phenols is 1. The molecular weight excluding hydrogens is 574 g/mol. The fourth-order valence-corrected chi connectivity index (χ4v) is 4.25. The third-order valence-electron chi connectivity index (χ3n) is 6.49. The Morgan fingerprint density at radius 1 is 0.907 bits per heavy atom. The van der Waals surface area contributed by atoms with Gasteiger partial charge in [-0.2, -0.15) is 0 Å². The van der Waals surface area contributed by atoms with Crippen molar-refractivity contribution in [1.82, 2.24) is 0 Å². The molecule has 16 nitrogen and oxygen atoms in total. The number of carbonyl (C=O) groups is 2. The number of nitrogens with zero attached hydrogens (tertiary/aromatic N) is 1. The van der Waals surface area contributed by atoms with Crippen LogP contribution in [0, 0.1) is 0 Å². The molecule has 1 fully saturated rings. The fraction of sp³-hybridized carbons (Fsp3) is 0.444. The first-order valence-corrected chi connectivity index (χ1v) is 12.9. The highest BCUT2D eigenvalue weighted by Gasteiger charge is 2.46. The second-order valence-corrected chi connectivity index (χ2v) is 9.34. The van der Waals surface area contributed by atoms with E-state index < -0.39 is 49.3 Å². The van der Waals surface area contributed by atoms with Crippen LogP contribution in [0.2, 0.25) is 0 Å². The number of carboxylic acid groups (broad SMARTS) is 1. The van der Waals surface area contributed by atoms with Gasteiger partial charge >= 0.3 is 11.9 Å². The van der Waals surface area contributed by atoms with Crippen molar-refractivity contribution in [3.05, 3.63) is 41.0 Å². The van der Waals surface area contributed by atoms with Crippen LogP contribution in [0.3, 0.4) is 0 Å². The molecule has 3 rings (SSSR count). The molecule has 0 radical (unpaired) electrons. The number of phenolic OH excluding ortho intramolecular Hbond substituents is 1. The SMILES string of the molecule is COc1cc(C(=O)OC[C@H]2O[C@@H](Oc3c(CCCN=C(N)N)cc(C(=O)O)cc3OC)[C@H](O)[C@@H](O)[C@@H]2O)cc(OC)c1O. The number of hydrogen-bond donors (Lipinski definition) is 7. The van der Waals surface area contributed by atoms with Crippen molar-refractivity contribution < 1.29 is 63.5 Å². The molecule has 236 valence electrons. The minimum atomic E-state index is -1.79. The summed E-state index contributed by atoms with van der Waals surface area (Å²) in [4.78, 5) is 28.3. The molecule has 0 unspecified atom stereocenters. The molecule has 1 aliphatic rings. The first-order valence-electron chi connectivity index (χ1n) is 12.9. The maximum atomic E-state index is 12.8. The van der Waals surface area contributed by atoms with Crippen LogP contribution in [-0.4, -0.2) is 109 Å². The number of aliphatic imine (C=N–C) groups is 1. The van der Waals surface area contributed by atoms with Crippen LogP contribution in [-0.2, 0) is 15.9 Å². The smallest absolute Gasteiger partial charge is 0.338 e. The number of benzene rings is 2. The van der Waals surface area contributed by atoms with Crippen molar-refractivity contribution in [2.45, 2.75) is 43.5 Å². The van der Waals surface area contributed by atoms with E-state index in [1.165, 1.54) is 45.6 Å². The van der Waals surface area contributed by atoms with Gasteiger partial charge in [-0.05, 0) is 42.7 Å². The minimum Gasteiger partial charge on any atom is -0.502 e. The average molecular weight is 610 g/mol. The first-order chi connectivity index (χ1) is 20.4. The topological polar surface area (TPSA) is 255 Å². The molecule has 9 N–H and O–H groups in total. The number of nitrogens with two attached hydrogens (primary N) is 2. The lowest BCUT2D eigenvalue weighted by molar-refractivity contribution is -0.277. The zero-order valence-electron chi connectivity index (χ0n) is 23.6. The minimum absolute atomic E-state index is 0.00358. The molecule has 2 aromatic carbocycles. The lowest BCUT2D eigenvalue weighted by Crippen LogP contribution is -2.60. The molecule has 0 aliphatic carbocycles. The fourth-order valence-electron chi connectivity index (χ4n) is 4.25. The molecule has 0 saturated carbocycles. The van der Waals surface area contributed by atoms with E-state index in [0.29, 0.717) is 12.0 Å².